The van der Waals surface area contributed by atoms with Crippen molar-refractivity contribution in [3.8, 4) is 5.75 Å². The first-order valence-corrected chi connectivity index (χ1v) is 4.28. The molecule has 0 fully saturated rings. The van der Waals surface area contributed by atoms with Gasteiger partial charge in [0.2, 0.25) is 0 Å². The van der Waals surface area contributed by atoms with Crippen LogP contribution in [-0.4, -0.2) is 11.4 Å². The predicted molar refractivity (Wildman–Crippen MR) is 47.5 cm³/mol. The first-order chi connectivity index (χ1) is 6.96. The summed E-state index contributed by atoms with van der Waals surface area (Å²) in [7, 11) is 0. The third kappa shape index (κ3) is 2.71. The maximum Gasteiger partial charge on any atom is 0.419 e. The van der Waals surface area contributed by atoms with Crippen molar-refractivity contribution in [3.05, 3.63) is 29.3 Å². The second-order valence-corrected chi connectivity index (χ2v) is 3.02. The largest absolute Gasteiger partial charge is 0.507 e. The minimum atomic E-state index is -4.57. The average Bonchev–Trinajstić information content (AvgIpc) is 2.14. The van der Waals surface area contributed by atoms with Crippen molar-refractivity contribution in [1.29, 1.82) is 0 Å². The molecule has 0 unspecified atom stereocenters. The van der Waals surface area contributed by atoms with Gasteiger partial charge in [-0.2, -0.15) is 13.2 Å². The molecule has 0 heterocycles. The summed E-state index contributed by atoms with van der Waals surface area (Å²) in [6.45, 7) is 0. The fourth-order valence-corrected chi connectivity index (χ4v) is 1.24. The molecule has 2 nitrogen and oxygen atoms in total. The van der Waals surface area contributed by atoms with Crippen LogP contribution in [0.4, 0.5) is 13.2 Å². The Balaban J connectivity index is 3.06. The van der Waals surface area contributed by atoms with E-state index in [4.69, 9.17) is 0 Å². The second kappa shape index (κ2) is 4.33. The van der Waals surface area contributed by atoms with Gasteiger partial charge in [0.15, 0.2) is 0 Å². The number of hydrogen-bond acceptors (Lipinski definition) is 2. The number of benzene rings is 1. The Labute approximate surface area is 84.3 Å². The van der Waals surface area contributed by atoms with Gasteiger partial charge in [-0.1, -0.05) is 12.1 Å². The smallest absolute Gasteiger partial charge is 0.419 e. The van der Waals surface area contributed by atoms with Crippen LogP contribution in [0.2, 0.25) is 0 Å². The number of aryl methyl sites for hydroxylation is 1. The molecule has 15 heavy (non-hydrogen) atoms. The molecule has 1 rings (SSSR count). The van der Waals surface area contributed by atoms with Crippen LogP contribution < -0.4 is 0 Å². The third-order valence-corrected chi connectivity index (χ3v) is 1.96. The number of alkyl halides is 3. The zero-order valence-electron chi connectivity index (χ0n) is 7.71. The number of hydrogen-bond donors (Lipinski definition) is 1. The van der Waals surface area contributed by atoms with Crippen LogP contribution in [-0.2, 0) is 17.4 Å². The molecule has 0 aliphatic carbocycles. The highest BCUT2D eigenvalue weighted by Crippen LogP contribution is 2.37. The molecule has 0 aromatic heterocycles. The molecule has 5 heteroatoms. The van der Waals surface area contributed by atoms with Gasteiger partial charge in [0.25, 0.3) is 0 Å². The minimum absolute atomic E-state index is 0.0921. The lowest BCUT2D eigenvalue weighted by molar-refractivity contribution is -0.138. The summed E-state index contributed by atoms with van der Waals surface area (Å²) in [5.41, 5.74) is -0.928. The van der Waals surface area contributed by atoms with Crippen LogP contribution in [0.3, 0.4) is 0 Å². The van der Waals surface area contributed by atoms with E-state index >= 15 is 0 Å². The lowest BCUT2D eigenvalue weighted by atomic mass is 10.0. The monoisotopic (exact) mass is 218 g/mol. The Morgan fingerprint density at radius 2 is 2.00 bits per heavy atom. The van der Waals surface area contributed by atoms with Crippen LogP contribution in [0.25, 0.3) is 0 Å². The van der Waals surface area contributed by atoms with Crippen LogP contribution >= 0.6 is 0 Å². The predicted octanol–water partition coefficient (Wildman–Crippen LogP) is 2.54. The Kier molecular flexibility index (Phi) is 3.34. The van der Waals surface area contributed by atoms with Gasteiger partial charge in [-0.05, 0) is 18.1 Å². The summed E-state index contributed by atoms with van der Waals surface area (Å²) in [4.78, 5) is 10.1. The van der Waals surface area contributed by atoms with E-state index in [9.17, 15) is 23.1 Å². The molecule has 0 bridgehead atoms. The molecule has 0 aliphatic rings. The molecule has 0 aliphatic heterocycles. The molecule has 0 saturated carbocycles. The van der Waals surface area contributed by atoms with Gasteiger partial charge in [0.1, 0.15) is 12.0 Å². The topological polar surface area (TPSA) is 37.3 Å². The summed E-state index contributed by atoms with van der Waals surface area (Å²) < 4.78 is 37.0. The number of aldehydes is 1. The quantitative estimate of drug-likeness (QED) is 0.791. The number of rotatable bonds is 3. The first-order valence-electron chi connectivity index (χ1n) is 4.28. The van der Waals surface area contributed by atoms with E-state index in [1.165, 1.54) is 12.1 Å². The van der Waals surface area contributed by atoms with E-state index in [2.05, 4.69) is 0 Å². The van der Waals surface area contributed by atoms with Crippen LogP contribution in [0.1, 0.15) is 17.5 Å². The maximum absolute atomic E-state index is 12.3. The number of phenolic OH excluding ortho intramolecular Hbond substituents is 1. The van der Waals surface area contributed by atoms with Gasteiger partial charge in [-0.25, -0.2) is 0 Å². The average molecular weight is 218 g/mol. The van der Waals surface area contributed by atoms with Crippen molar-refractivity contribution in [2.75, 3.05) is 0 Å². The fourth-order valence-electron chi connectivity index (χ4n) is 1.24. The van der Waals surface area contributed by atoms with Crippen molar-refractivity contribution in [2.45, 2.75) is 19.0 Å². The normalized spacial score (nSPS) is 11.4. The molecule has 0 spiro atoms. The van der Waals surface area contributed by atoms with E-state index in [1.807, 2.05) is 0 Å². The summed E-state index contributed by atoms with van der Waals surface area (Å²) in [6.07, 6.45) is -3.77. The van der Waals surface area contributed by atoms with Crippen LogP contribution in [0, 0.1) is 0 Å². The fraction of sp³-hybridized carbons (Fsp3) is 0.300. The Bertz CT molecular complexity index is 358. The molecule has 0 radical (unpaired) electrons. The van der Waals surface area contributed by atoms with Crippen LogP contribution in [0.5, 0.6) is 5.75 Å². The van der Waals surface area contributed by atoms with E-state index < -0.39 is 17.5 Å². The molecular formula is C10H9F3O2. The highest BCUT2D eigenvalue weighted by atomic mass is 19.4. The highest BCUT2D eigenvalue weighted by Gasteiger charge is 2.34. The first kappa shape index (κ1) is 11.6. The molecule has 0 atom stereocenters. The van der Waals surface area contributed by atoms with Gasteiger partial charge < -0.3 is 9.90 Å². The van der Waals surface area contributed by atoms with E-state index in [0.717, 1.165) is 6.07 Å². The van der Waals surface area contributed by atoms with Crippen molar-refractivity contribution in [2.24, 2.45) is 0 Å². The maximum atomic E-state index is 12.3. The molecule has 82 valence electrons. The lowest BCUT2D eigenvalue weighted by Crippen LogP contribution is -2.06. The Hall–Kier alpha value is -1.52. The number of aromatic hydroxyl groups is 1. The van der Waals surface area contributed by atoms with E-state index in [1.54, 1.807) is 0 Å². The van der Waals surface area contributed by atoms with E-state index in [-0.39, 0.29) is 18.4 Å². The molecule has 0 amide bonds. The van der Waals surface area contributed by atoms with Crippen LogP contribution in [0.15, 0.2) is 18.2 Å². The molecule has 1 aromatic rings. The van der Waals surface area contributed by atoms with Gasteiger partial charge in [0.05, 0.1) is 5.56 Å². The number of carbonyl (C=O) groups excluding carboxylic acids is 1. The van der Waals surface area contributed by atoms with Crippen molar-refractivity contribution < 1.29 is 23.1 Å². The second-order valence-electron chi connectivity index (χ2n) is 3.02. The summed E-state index contributed by atoms with van der Waals surface area (Å²) in [5, 5.41) is 9.32. The molecule has 0 saturated heterocycles. The van der Waals surface area contributed by atoms with Crippen molar-refractivity contribution >= 4 is 6.29 Å². The minimum Gasteiger partial charge on any atom is -0.507 e. The van der Waals surface area contributed by atoms with Gasteiger partial charge >= 0.3 is 6.18 Å². The molecule has 1 N–H and O–H groups in total. The lowest BCUT2D eigenvalue weighted by Gasteiger charge is -2.11. The molecular weight excluding hydrogens is 209 g/mol. The zero-order valence-corrected chi connectivity index (χ0v) is 7.71. The number of halogens is 3. The molecule has 1 aromatic carbocycles. The number of carbonyl (C=O) groups is 1. The van der Waals surface area contributed by atoms with Crippen molar-refractivity contribution in [1.82, 2.24) is 0 Å². The van der Waals surface area contributed by atoms with Crippen molar-refractivity contribution in [3.63, 3.8) is 0 Å². The van der Waals surface area contributed by atoms with E-state index in [0.29, 0.717) is 6.29 Å². The number of para-hydroxylation sites is 1. The SMILES string of the molecule is O=CCCc1cccc(C(F)(F)F)c1O. The standard InChI is InChI=1S/C10H9F3O2/c11-10(12,13)8-5-1-3-7(9(8)15)4-2-6-14/h1,3,5-6,15H,2,4H2. The Morgan fingerprint density at radius 3 is 2.53 bits per heavy atom. The van der Waals surface area contributed by atoms with Gasteiger partial charge in [-0.3, -0.25) is 0 Å². The third-order valence-electron chi connectivity index (χ3n) is 1.96. The Morgan fingerprint density at radius 1 is 1.33 bits per heavy atom. The number of phenols is 1. The summed E-state index contributed by atoms with van der Waals surface area (Å²) >= 11 is 0. The van der Waals surface area contributed by atoms with Gasteiger partial charge in [-0.15, -0.1) is 0 Å². The summed E-state index contributed by atoms with van der Waals surface area (Å²) in [5.74, 6) is -0.785. The zero-order chi connectivity index (χ0) is 11.5. The summed E-state index contributed by atoms with van der Waals surface area (Å²) in [6, 6.07) is 3.39. The highest BCUT2D eigenvalue weighted by molar-refractivity contribution is 5.51. The van der Waals surface area contributed by atoms with Gasteiger partial charge in [0, 0.05) is 6.42 Å².